The molecule has 104 valence electrons. The minimum atomic E-state index is 0.779. The van der Waals surface area contributed by atoms with Gasteiger partial charge in [0.15, 0.2) is 0 Å². The van der Waals surface area contributed by atoms with Gasteiger partial charge in [-0.05, 0) is 52.5 Å². The van der Waals surface area contributed by atoms with Crippen LogP contribution >= 0.6 is 15.9 Å². The fourth-order valence-electron chi connectivity index (χ4n) is 2.40. The van der Waals surface area contributed by atoms with E-state index in [9.17, 15) is 0 Å². The van der Waals surface area contributed by atoms with E-state index in [1.54, 1.807) is 6.20 Å². The monoisotopic (exact) mass is 332 g/mol. The zero-order chi connectivity index (χ0) is 13.8. The molecule has 0 unspecified atom stereocenters. The molecule has 0 aromatic carbocycles. The second kappa shape index (κ2) is 6.22. The SMILES string of the molecule is Brc1cncc(NCc2ccnc(N3CCCC3)c2)c1. The molecular weight excluding hydrogens is 316 g/mol. The molecular formula is C15H17BrN4. The molecule has 0 spiro atoms. The van der Waals surface area contributed by atoms with Gasteiger partial charge in [-0.3, -0.25) is 4.98 Å². The van der Waals surface area contributed by atoms with E-state index in [4.69, 9.17) is 0 Å². The van der Waals surface area contributed by atoms with Crippen molar-refractivity contribution in [2.24, 2.45) is 0 Å². The van der Waals surface area contributed by atoms with Crippen LogP contribution in [0.15, 0.2) is 41.3 Å². The van der Waals surface area contributed by atoms with Gasteiger partial charge in [-0.15, -0.1) is 0 Å². The van der Waals surface area contributed by atoms with Gasteiger partial charge in [0.05, 0.1) is 11.9 Å². The number of rotatable bonds is 4. The third kappa shape index (κ3) is 3.28. The van der Waals surface area contributed by atoms with E-state index < -0.39 is 0 Å². The summed E-state index contributed by atoms with van der Waals surface area (Å²) >= 11 is 3.43. The minimum absolute atomic E-state index is 0.779. The van der Waals surface area contributed by atoms with E-state index >= 15 is 0 Å². The standard InChI is InChI=1S/C15H17BrN4/c16-13-8-14(11-17-10-13)19-9-12-3-4-18-15(7-12)20-5-1-2-6-20/h3-4,7-8,10-11,19H,1-2,5-6,9H2. The summed E-state index contributed by atoms with van der Waals surface area (Å²) in [5.74, 6) is 1.09. The van der Waals surface area contributed by atoms with Gasteiger partial charge in [-0.2, -0.15) is 0 Å². The number of nitrogens with one attached hydrogen (secondary N) is 1. The quantitative estimate of drug-likeness (QED) is 0.930. The lowest BCUT2D eigenvalue weighted by Gasteiger charge is -2.17. The molecule has 0 atom stereocenters. The Hall–Kier alpha value is -1.62. The van der Waals surface area contributed by atoms with E-state index in [0.29, 0.717) is 0 Å². The number of hydrogen-bond donors (Lipinski definition) is 1. The molecule has 1 N–H and O–H groups in total. The summed E-state index contributed by atoms with van der Waals surface area (Å²) in [5.41, 5.74) is 2.25. The molecule has 1 saturated heterocycles. The molecule has 0 bridgehead atoms. The molecule has 1 fully saturated rings. The highest BCUT2D eigenvalue weighted by atomic mass is 79.9. The largest absolute Gasteiger partial charge is 0.380 e. The molecule has 1 aliphatic heterocycles. The summed E-state index contributed by atoms with van der Waals surface area (Å²) in [5, 5.41) is 3.38. The summed E-state index contributed by atoms with van der Waals surface area (Å²) in [4.78, 5) is 11.0. The van der Waals surface area contributed by atoms with Crippen molar-refractivity contribution in [1.29, 1.82) is 0 Å². The minimum Gasteiger partial charge on any atom is -0.380 e. The molecule has 3 heterocycles. The lowest BCUT2D eigenvalue weighted by molar-refractivity contribution is 0.931. The number of anilines is 2. The number of hydrogen-bond acceptors (Lipinski definition) is 4. The third-order valence-electron chi connectivity index (χ3n) is 3.44. The Kier molecular flexibility index (Phi) is 4.16. The predicted molar refractivity (Wildman–Crippen MR) is 84.9 cm³/mol. The first kappa shape index (κ1) is 13.4. The number of pyridine rings is 2. The summed E-state index contributed by atoms with van der Waals surface area (Å²) < 4.78 is 0.981. The lowest BCUT2D eigenvalue weighted by Crippen LogP contribution is -2.19. The highest BCUT2D eigenvalue weighted by molar-refractivity contribution is 9.10. The van der Waals surface area contributed by atoms with Crippen molar-refractivity contribution in [3.8, 4) is 0 Å². The fourth-order valence-corrected chi connectivity index (χ4v) is 2.77. The van der Waals surface area contributed by atoms with E-state index in [0.717, 1.165) is 35.6 Å². The van der Waals surface area contributed by atoms with Crippen LogP contribution in [0.4, 0.5) is 11.5 Å². The van der Waals surface area contributed by atoms with E-state index in [2.05, 4.69) is 48.2 Å². The Balaban J connectivity index is 1.66. The number of aromatic nitrogens is 2. The van der Waals surface area contributed by atoms with Gasteiger partial charge in [0.25, 0.3) is 0 Å². The van der Waals surface area contributed by atoms with Gasteiger partial charge in [-0.1, -0.05) is 0 Å². The van der Waals surface area contributed by atoms with Crippen molar-refractivity contribution >= 4 is 27.4 Å². The maximum absolute atomic E-state index is 4.47. The molecule has 3 rings (SSSR count). The molecule has 2 aromatic heterocycles. The maximum atomic E-state index is 4.47. The van der Waals surface area contributed by atoms with Crippen molar-refractivity contribution < 1.29 is 0 Å². The second-order valence-corrected chi connectivity index (χ2v) is 5.88. The molecule has 0 amide bonds. The molecule has 4 nitrogen and oxygen atoms in total. The van der Waals surface area contributed by atoms with Crippen molar-refractivity contribution in [2.75, 3.05) is 23.3 Å². The molecule has 0 aliphatic carbocycles. The number of nitrogens with zero attached hydrogens (tertiary/aromatic N) is 3. The van der Waals surface area contributed by atoms with Crippen LogP contribution in [0.25, 0.3) is 0 Å². The molecule has 0 radical (unpaired) electrons. The average Bonchev–Trinajstić information content (AvgIpc) is 3.00. The van der Waals surface area contributed by atoms with Crippen LogP contribution in [-0.4, -0.2) is 23.1 Å². The summed E-state index contributed by atoms with van der Waals surface area (Å²) in [6.07, 6.45) is 8.04. The lowest BCUT2D eigenvalue weighted by atomic mass is 10.2. The van der Waals surface area contributed by atoms with Crippen LogP contribution in [0, 0.1) is 0 Å². The second-order valence-electron chi connectivity index (χ2n) is 4.96. The zero-order valence-corrected chi connectivity index (χ0v) is 12.8. The van der Waals surface area contributed by atoms with E-state index in [-0.39, 0.29) is 0 Å². The van der Waals surface area contributed by atoms with Crippen molar-refractivity contribution in [2.45, 2.75) is 19.4 Å². The van der Waals surface area contributed by atoms with Gasteiger partial charge in [-0.25, -0.2) is 4.98 Å². The number of halogens is 1. The Morgan fingerprint density at radius 3 is 2.85 bits per heavy atom. The Morgan fingerprint density at radius 1 is 1.20 bits per heavy atom. The zero-order valence-electron chi connectivity index (χ0n) is 11.2. The summed E-state index contributed by atoms with van der Waals surface area (Å²) in [6.45, 7) is 3.03. The first-order valence-electron chi connectivity index (χ1n) is 6.85. The van der Waals surface area contributed by atoms with Crippen LogP contribution in [0.1, 0.15) is 18.4 Å². The highest BCUT2D eigenvalue weighted by Crippen LogP contribution is 2.19. The fraction of sp³-hybridized carbons (Fsp3) is 0.333. The van der Waals surface area contributed by atoms with Gasteiger partial charge in [0.2, 0.25) is 0 Å². The van der Waals surface area contributed by atoms with Crippen LogP contribution < -0.4 is 10.2 Å². The first-order valence-corrected chi connectivity index (χ1v) is 7.65. The molecule has 0 saturated carbocycles. The topological polar surface area (TPSA) is 41.1 Å². The van der Waals surface area contributed by atoms with Crippen molar-refractivity contribution in [3.05, 3.63) is 46.8 Å². The Morgan fingerprint density at radius 2 is 2.05 bits per heavy atom. The first-order chi connectivity index (χ1) is 9.81. The molecule has 1 aliphatic rings. The molecule has 5 heteroatoms. The van der Waals surface area contributed by atoms with Crippen LogP contribution in [0.5, 0.6) is 0 Å². The van der Waals surface area contributed by atoms with Crippen LogP contribution in [0.3, 0.4) is 0 Å². The predicted octanol–water partition coefficient (Wildman–Crippen LogP) is 3.45. The highest BCUT2D eigenvalue weighted by Gasteiger charge is 2.13. The summed E-state index contributed by atoms with van der Waals surface area (Å²) in [6, 6.07) is 6.25. The molecule has 20 heavy (non-hydrogen) atoms. The maximum Gasteiger partial charge on any atom is 0.128 e. The van der Waals surface area contributed by atoms with Crippen LogP contribution in [-0.2, 0) is 6.54 Å². The van der Waals surface area contributed by atoms with Gasteiger partial charge >= 0.3 is 0 Å². The third-order valence-corrected chi connectivity index (χ3v) is 3.88. The van der Waals surface area contributed by atoms with E-state index in [1.807, 2.05) is 18.5 Å². The smallest absolute Gasteiger partial charge is 0.128 e. The van der Waals surface area contributed by atoms with Gasteiger partial charge < -0.3 is 10.2 Å². The summed E-state index contributed by atoms with van der Waals surface area (Å²) in [7, 11) is 0. The Labute approximate surface area is 127 Å². The van der Waals surface area contributed by atoms with Crippen molar-refractivity contribution in [1.82, 2.24) is 9.97 Å². The van der Waals surface area contributed by atoms with E-state index in [1.165, 1.54) is 18.4 Å². The molecule has 2 aromatic rings. The Bertz CT molecular complexity index is 582. The van der Waals surface area contributed by atoms with Crippen molar-refractivity contribution in [3.63, 3.8) is 0 Å². The van der Waals surface area contributed by atoms with Gasteiger partial charge in [0.1, 0.15) is 5.82 Å². The van der Waals surface area contributed by atoms with Gasteiger partial charge in [0, 0.05) is 36.5 Å². The normalized spacial score (nSPS) is 14.6. The average molecular weight is 333 g/mol. The van der Waals surface area contributed by atoms with Crippen LogP contribution in [0.2, 0.25) is 0 Å².